The smallest absolute Gasteiger partial charge is 0.222 e. The lowest BCUT2D eigenvalue weighted by Gasteiger charge is -2.35. The Balaban J connectivity index is 2.22. The van der Waals surface area contributed by atoms with Gasteiger partial charge in [0.2, 0.25) is 10.0 Å². The highest BCUT2D eigenvalue weighted by Gasteiger charge is 2.48. The van der Waals surface area contributed by atoms with Gasteiger partial charge in [0, 0.05) is 13.1 Å². The van der Waals surface area contributed by atoms with E-state index >= 15 is 0 Å². The lowest BCUT2D eigenvalue weighted by Crippen LogP contribution is -2.52. The average Bonchev–Trinajstić information content (AvgIpc) is 2.80. The van der Waals surface area contributed by atoms with Gasteiger partial charge in [-0.3, -0.25) is 0 Å². The molecule has 0 radical (unpaired) electrons. The van der Waals surface area contributed by atoms with Crippen LogP contribution in [0.3, 0.4) is 0 Å². The van der Waals surface area contributed by atoms with Crippen LogP contribution in [0.4, 0.5) is 0 Å². The van der Waals surface area contributed by atoms with Crippen LogP contribution in [0.5, 0.6) is 0 Å². The highest BCUT2D eigenvalue weighted by Crippen LogP contribution is 2.38. The Morgan fingerprint density at radius 2 is 1.75 bits per heavy atom. The van der Waals surface area contributed by atoms with Crippen molar-refractivity contribution in [3.05, 3.63) is 0 Å². The van der Waals surface area contributed by atoms with E-state index in [9.17, 15) is 13.5 Å². The fourth-order valence-corrected chi connectivity index (χ4v) is 4.72. The lowest BCUT2D eigenvalue weighted by atomic mass is 10.1. The van der Waals surface area contributed by atoms with Gasteiger partial charge in [-0.1, -0.05) is 12.8 Å². The third-order valence-electron chi connectivity index (χ3n) is 3.66. The molecule has 1 aliphatic carbocycles. The van der Waals surface area contributed by atoms with Gasteiger partial charge in [0.15, 0.2) is 0 Å². The summed E-state index contributed by atoms with van der Waals surface area (Å²) < 4.78 is 30.6. The van der Waals surface area contributed by atoms with Crippen molar-refractivity contribution in [2.75, 3.05) is 32.9 Å². The number of aliphatic hydroxyl groups is 1. The van der Waals surface area contributed by atoms with E-state index in [1.807, 2.05) is 0 Å². The maximum absolute atomic E-state index is 12.5. The number of hydrogen-bond acceptors (Lipinski definition) is 4. The highest BCUT2D eigenvalue weighted by molar-refractivity contribution is 7.90. The van der Waals surface area contributed by atoms with Crippen LogP contribution in [0.15, 0.2) is 0 Å². The SMILES string of the molecule is O=S(=O)(N1CCOCC1)C1(CO)CCCC1. The fraction of sp³-hybridized carbons (Fsp3) is 1.00. The lowest BCUT2D eigenvalue weighted by molar-refractivity contribution is 0.0709. The van der Waals surface area contributed by atoms with E-state index in [1.165, 1.54) is 4.31 Å². The summed E-state index contributed by atoms with van der Waals surface area (Å²) in [7, 11) is -3.37. The standard InChI is InChI=1S/C10H19NO4S/c12-9-10(3-1-2-4-10)16(13,14)11-5-7-15-8-6-11/h12H,1-9H2. The molecule has 16 heavy (non-hydrogen) atoms. The van der Waals surface area contributed by atoms with Crippen LogP contribution < -0.4 is 0 Å². The second kappa shape index (κ2) is 4.60. The van der Waals surface area contributed by atoms with Crippen LogP contribution in [0.1, 0.15) is 25.7 Å². The first-order valence-electron chi connectivity index (χ1n) is 5.81. The molecule has 2 fully saturated rings. The molecule has 2 rings (SSSR count). The predicted octanol–water partition coefficient (Wildman–Crippen LogP) is -0.0465. The molecule has 0 unspecified atom stereocenters. The molecule has 0 atom stereocenters. The maximum Gasteiger partial charge on any atom is 0.222 e. The molecule has 1 saturated heterocycles. The molecule has 2 aliphatic rings. The minimum absolute atomic E-state index is 0.257. The molecule has 1 saturated carbocycles. The summed E-state index contributed by atoms with van der Waals surface area (Å²) >= 11 is 0. The van der Waals surface area contributed by atoms with Gasteiger partial charge < -0.3 is 9.84 Å². The largest absolute Gasteiger partial charge is 0.395 e. The van der Waals surface area contributed by atoms with Gasteiger partial charge in [-0.15, -0.1) is 0 Å². The van der Waals surface area contributed by atoms with Gasteiger partial charge in [-0.25, -0.2) is 8.42 Å². The number of morpholine rings is 1. The van der Waals surface area contributed by atoms with E-state index in [0.717, 1.165) is 12.8 Å². The zero-order valence-electron chi connectivity index (χ0n) is 9.39. The summed E-state index contributed by atoms with van der Waals surface area (Å²) in [6.45, 7) is 1.50. The molecule has 5 nitrogen and oxygen atoms in total. The van der Waals surface area contributed by atoms with Gasteiger partial charge in [0.25, 0.3) is 0 Å². The molecule has 6 heteroatoms. The Hall–Kier alpha value is -0.170. The molecular weight excluding hydrogens is 230 g/mol. The number of rotatable bonds is 3. The summed E-state index contributed by atoms with van der Waals surface area (Å²) in [4.78, 5) is 0. The topological polar surface area (TPSA) is 66.8 Å². The van der Waals surface area contributed by atoms with Crippen molar-refractivity contribution in [3.63, 3.8) is 0 Å². The first-order chi connectivity index (χ1) is 7.62. The van der Waals surface area contributed by atoms with Crippen LogP contribution in [-0.2, 0) is 14.8 Å². The average molecular weight is 249 g/mol. The molecule has 94 valence electrons. The fourth-order valence-electron chi connectivity index (χ4n) is 2.58. The Labute approximate surface area is 96.4 Å². The van der Waals surface area contributed by atoms with Crippen molar-refractivity contribution in [3.8, 4) is 0 Å². The van der Waals surface area contributed by atoms with Crippen molar-refractivity contribution in [1.82, 2.24) is 4.31 Å². The van der Waals surface area contributed by atoms with E-state index in [0.29, 0.717) is 39.1 Å². The summed E-state index contributed by atoms with van der Waals surface area (Å²) in [5, 5.41) is 9.45. The van der Waals surface area contributed by atoms with E-state index in [1.54, 1.807) is 0 Å². The highest BCUT2D eigenvalue weighted by atomic mass is 32.2. The van der Waals surface area contributed by atoms with E-state index in [4.69, 9.17) is 4.74 Å². The Bertz CT molecular complexity index is 329. The summed E-state index contributed by atoms with van der Waals surface area (Å²) in [5.74, 6) is 0. The quantitative estimate of drug-likeness (QED) is 0.762. The van der Waals surface area contributed by atoms with Crippen molar-refractivity contribution in [1.29, 1.82) is 0 Å². The third-order valence-corrected chi connectivity index (χ3v) is 6.34. The van der Waals surface area contributed by atoms with Crippen LogP contribution in [0, 0.1) is 0 Å². The zero-order valence-corrected chi connectivity index (χ0v) is 10.2. The van der Waals surface area contributed by atoms with Gasteiger partial charge in [-0.2, -0.15) is 4.31 Å². The molecule has 1 heterocycles. The van der Waals surface area contributed by atoms with Gasteiger partial charge in [0.1, 0.15) is 4.75 Å². The molecule has 1 aliphatic heterocycles. The predicted molar refractivity (Wildman–Crippen MR) is 59.6 cm³/mol. The summed E-state index contributed by atoms with van der Waals surface area (Å²) in [6.07, 6.45) is 2.96. The van der Waals surface area contributed by atoms with Gasteiger partial charge >= 0.3 is 0 Å². The van der Waals surface area contributed by atoms with E-state index < -0.39 is 14.8 Å². The molecule has 0 aromatic carbocycles. The Kier molecular flexibility index (Phi) is 3.53. The first-order valence-corrected chi connectivity index (χ1v) is 7.25. The van der Waals surface area contributed by atoms with Crippen molar-refractivity contribution < 1.29 is 18.3 Å². The summed E-state index contributed by atoms with van der Waals surface area (Å²) in [6, 6.07) is 0. The van der Waals surface area contributed by atoms with Gasteiger partial charge in [-0.05, 0) is 12.8 Å². The van der Waals surface area contributed by atoms with Gasteiger partial charge in [0.05, 0.1) is 19.8 Å². The zero-order chi connectivity index (χ0) is 11.6. The van der Waals surface area contributed by atoms with E-state index in [-0.39, 0.29) is 6.61 Å². The first kappa shape index (κ1) is 12.3. The van der Waals surface area contributed by atoms with Crippen LogP contribution >= 0.6 is 0 Å². The van der Waals surface area contributed by atoms with E-state index in [2.05, 4.69) is 0 Å². The minimum atomic E-state index is -3.37. The Morgan fingerprint density at radius 1 is 1.19 bits per heavy atom. The molecule has 0 bridgehead atoms. The number of aliphatic hydroxyl groups excluding tert-OH is 1. The van der Waals surface area contributed by atoms with Crippen molar-refractivity contribution in [2.24, 2.45) is 0 Å². The second-order valence-electron chi connectivity index (χ2n) is 4.56. The number of ether oxygens (including phenoxy) is 1. The molecule has 0 aromatic rings. The van der Waals surface area contributed by atoms with Crippen LogP contribution in [0.2, 0.25) is 0 Å². The van der Waals surface area contributed by atoms with Crippen molar-refractivity contribution in [2.45, 2.75) is 30.4 Å². The monoisotopic (exact) mass is 249 g/mol. The molecule has 0 spiro atoms. The van der Waals surface area contributed by atoms with Crippen molar-refractivity contribution >= 4 is 10.0 Å². The second-order valence-corrected chi connectivity index (χ2v) is 6.90. The molecule has 1 N–H and O–H groups in total. The third kappa shape index (κ3) is 1.88. The normalized spacial score (nSPS) is 27.1. The molecular formula is C10H19NO4S. The van der Waals surface area contributed by atoms with Crippen LogP contribution in [0.25, 0.3) is 0 Å². The summed E-state index contributed by atoms with van der Waals surface area (Å²) in [5.41, 5.74) is 0. The minimum Gasteiger partial charge on any atom is -0.395 e. The molecule has 0 amide bonds. The molecule has 0 aromatic heterocycles. The number of hydrogen-bond donors (Lipinski definition) is 1. The Morgan fingerprint density at radius 3 is 2.25 bits per heavy atom. The maximum atomic E-state index is 12.5. The van der Waals surface area contributed by atoms with Crippen LogP contribution in [-0.4, -0.2) is 55.5 Å². The number of nitrogens with zero attached hydrogens (tertiary/aromatic N) is 1. The number of sulfonamides is 1.